The van der Waals surface area contributed by atoms with Crippen LogP contribution in [0.3, 0.4) is 0 Å². The van der Waals surface area contributed by atoms with E-state index in [1.54, 1.807) is 12.1 Å². The summed E-state index contributed by atoms with van der Waals surface area (Å²) in [7, 11) is 0. The SMILES string of the molecule is CCn1nc(Cc2ccc(OC(C)C)cc2)cc1C1CCN(C[C@H]2C[C@H](OC(=O)CNC(C)(C)C)C[C@@H]2c2cccc(F)c2)CC1. The predicted octanol–water partition coefficient (Wildman–Crippen LogP) is 7.09. The van der Waals surface area contributed by atoms with Gasteiger partial charge in [-0.15, -0.1) is 0 Å². The smallest absolute Gasteiger partial charge is 0.320 e. The van der Waals surface area contributed by atoms with Crippen molar-refractivity contribution in [1.29, 1.82) is 0 Å². The van der Waals surface area contributed by atoms with Crippen molar-refractivity contribution in [2.45, 2.75) is 110 Å². The molecule has 0 spiro atoms. The van der Waals surface area contributed by atoms with Gasteiger partial charge in [0, 0.05) is 36.7 Å². The molecule has 0 radical (unpaired) electrons. The van der Waals surface area contributed by atoms with Gasteiger partial charge in [-0.1, -0.05) is 24.3 Å². The Morgan fingerprint density at radius 1 is 1.07 bits per heavy atom. The van der Waals surface area contributed by atoms with E-state index in [4.69, 9.17) is 14.6 Å². The zero-order valence-electron chi connectivity index (χ0n) is 28.6. The van der Waals surface area contributed by atoms with E-state index in [1.807, 2.05) is 52.8 Å². The van der Waals surface area contributed by atoms with E-state index < -0.39 is 0 Å². The Hall–Kier alpha value is -3.23. The first kappa shape index (κ1) is 34.1. The van der Waals surface area contributed by atoms with Crippen LogP contribution in [0.15, 0.2) is 54.6 Å². The molecule has 0 bridgehead atoms. The summed E-state index contributed by atoms with van der Waals surface area (Å²) >= 11 is 0. The van der Waals surface area contributed by atoms with E-state index in [9.17, 15) is 9.18 Å². The molecule has 7 nitrogen and oxygen atoms in total. The van der Waals surface area contributed by atoms with Gasteiger partial charge in [-0.05, 0) is 134 Å². The molecule has 8 heteroatoms. The summed E-state index contributed by atoms with van der Waals surface area (Å²) in [5, 5.41) is 8.20. The lowest BCUT2D eigenvalue weighted by Gasteiger charge is -2.35. The summed E-state index contributed by atoms with van der Waals surface area (Å²) in [6.07, 6.45) is 4.53. The van der Waals surface area contributed by atoms with Crippen LogP contribution in [0.2, 0.25) is 0 Å². The highest BCUT2D eigenvalue weighted by Gasteiger charge is 2.39. The molecule has 1 aliphatic heterocycles. The van der Waals surface area contributed by atoms with E-state index in [1.165, 1.54) is 17.3 Å². The van der Waals surface area contributed by atoms with E-state index in [-0.39, 0.29) is 42.0 Å². The number of esters is 1. The normalized spacial score (nSPS) is 21.2. The Morgan fingerprint density at radius 3 is 2.46 bits per heavy atom. The van der Waals surface area contributed by atoms with Crippen molar-refractivity contribution < 1.29 is 18.7 Å². The van der Waals surface area contributed by atoms with Gasteiger partial charge in [-0.25, -0.2) is 4.39 Å². The summed E-state index contributed by atoms with van der Waals surface area (Å²) in [6, 6.07) is 17.6. The molecule has 1 aliphatic carbocycles. The average molecular weight is 633 g/mol. The maximum atomic E-state index is 14.3. The zero-order chi connectivity index (χ0) is 32.8. The van der Waals surface area contributed by atoms with Crippen molar-refractivity contribution in [1.82, 2.24) is 20.0 Å². The maximum Gasteiger partial charge on any atom is 0.320 e. The van der Waals surface area contributed by atoms with Crippen LogP contribution in [0.5, 0.6) is 5.75 Å². The Balaban J connectivity index is 1.19. The molecule has 2 heterocycles. The van der Waals surface area contributed by atoms with Gasteiger partial charge < -0.3 is 19.7 Å². The van der Waals surface area contributed by atoms with Crippen LogP contribution < -0.4 is 10.1 Å². The molecule has 250 valence electrons. The second-order valence-electron chi connectivity index (χ2n) is 14.5. The van der Waals surface area contributed by atoms with Crippen LogP contribution in [-0.4, -0.2) is 64.6 Å². The molecular weight excluding hydrogens is 579 g/mol. The molecule has 3 atom stereocenters. The number of aromatic nitrogens is 2. The summed E-state index contributed by atoms with van der Waals surface area (Å²) in [4.78, 5) is 15.2. The van der Waals surface area contributed by atoms with Crippen LogP contribution in [-0.2, 0) is 22.5 Å². The number of nitrogens with zero attached hydrogens (tertiary/aromatic N) is 3. The number of benzene rings is 2. The minimum absolute atomic E-state index is 0.152. The quantitative estimate of drug-likeness (QED) is 0.215. The third kappa shape index (κ3) is 9.41. The van der Waals surface area contributed by atoms with Crippen LogP contribution in [0.4, 0.5) is 4.39 Å². The largest absolute Gasteiger partial charge is 0.491 e. The first-order valence-electron chi connectivity index (χ1n) is 17.2. The topological polar surface area (TPSA) is 68.6 Å². The molecule has 0 unspecified atom stereocenters. The Kier molecular flexibility index (Phi) is 11.2. The van der Waals surface area contributed by atoms with E-state index in [0.29, 0.717) is 11.8 Å². The molecule has 2 fully saturated rings. The summed E-state index contributed by atoms with van der Waals surface area (Å²) in [6.45, 7) is 16.4. The van der Waals surface area contributed by atoms with E-state index in [2.05, 4.69) is 40.0 Å². The van der Waals surface area contributed by atoms with Gasteiger partial charge in [0.05, 0.1) is 18.3 Å². The van der Waals surface area contributed by atoms with Crippen molar-refractivity contribution in [3.63, 3.8) is 0 Å². The molecule has 1 saturated heterocycles. The third-order valence-electron chi connectivity index (χ3n) is 9.33. The Bertz CT molecular complexity index is 1420. The Labute approximate surface area is 274 Å². The number of rotatable bonds is 12. The second kappa shape index (κ2) is 15.1. The lowest BCUT2D eigenvalue weighted by molar-refractivity contribution is -0.148. The van der Waals surface area contributed by atoms with Crippen molar-refractivity contribution in [3.8, 4) is 5.75 Å². The molecule has 1 saturated carbocycles. The summed E-state index contributed by atoms with van der Waals surface area (Å²) in [5.41, 5.74) is 4.54. The highest BCUT2D eigenvalue weighted by Crippen LogP contribution is 2.42. The fourth-order valence-corrected chi connectivity index (χ4v) is 7.15. The molecule has 2 aromatic carbocycles. The number of piperidine rings is 1. The van der Waals surface area contributed by atoms with Gasteiger partial charge in [0.1, 0.15) is 17.7 Å². The first-order chi connectivity index (χ1) is 22.0. The summed E-state index contributed by atoms with van der Waals surface area (Å²) < 4.78 is 28.2. The lowest BCUT2D eigenvalue weighted by Crippen LogP contribution is -2.40. The third-order valence-corrected chi connectivity index (χ3v) is 9.33. The summed E-state index contributed by atoms with van der Waals surface area (Å²) in [5.74, 6) is 1.41. The van der Waals surface area contributed by atoms with Gasteiger partial charge in [0.15, 0.2) is 0 Å². The number of carbonyl (C=O) groups is 1. The molecule has 1 N–H and O–H groups in total. The van der Waals surface area contributed by atoms with Gasteiger partial charge >= 0.3 is 5.97 Å². The number of nitrogens with one attached hydrogen (secondary N) is 1. The maximum absolute atomic E-state index is 14.3. The lowest BCUT2D eigenvalue weighted by atomic mass is 9.87. The fraction of sp³-hybridized carbons (Fsp3) is 0.579. The predicted molar refractivity (Wildman–Crippen MR) is 181 cm³/mol. The van der Waals surface area contributed by atoms with Gasteiger partial charge in [-0.2, -0.15) is 5.10 Å². The number of aryl methyl sites for hydroxylation is 1. The number of carbonyl (C=O) groups excluding carboxylic acids is 1. The zero-order valence-corrected chi connectivity index (χ0v) is 28.6. The fourth-order valence-electron chi connectivity index (χ4n) is 7.15. The minimum Gasteiger partial charge on any atom is -0.491 e. The minimum atomic E-state index is -0.219. The van der Waals surface area contributed by atoms with Crippen molar-refractivity contribution in [2.75, 3.05) is 26.2 Å². The molecule has 5 rings (SSSR count). The molecule has 3 aromatic rings. The molecule has 46 heavy (non-hydrogen) atoms. The van der Waals surface area contributed by atoms with Crippen LogP contribution in [0.1, 0.15) is 102 Å². The monoisotopic (exact) mass is 632 g/mol. The number of ether oxygens (including phenoxy) is 2. The number of likely N-dealkylation sites (tertiary alicyclic amines) is 1. The van der Waals surface area contributed by atoms with Crippen molar-refractivity contribution >= 4 is 5.97 Å². The number of hydrogen-bond donors (Lipinski definition) is 1. The van der Waals surface area contributed by atoms with Crippen LogP contribution >= 0.6 is 0 Å². The number of halogens is 1. The van der Waals surface area contributed by atoms with Crippen LogP contribution in [0, 0.1) is 11.7 Å². The van der Waals surface area contributed by atoms with Crippen molar-refractivity contribution in [2.24, 2.45) is 5.92 Å². The average Bonchev–Trinajstić information content (AvgIpc) is 3.60. The van der Waals surface area contributed by atoms with Crippen molar-refractivity contribution in [3.05, 3.63) is 82.9 Å². The Morgan fingerprint density at radius 2 is 1.80 bits per heavy atom. The standard InChI is InChI=1S/C38H53FN4O3/c1-7-43-36(22-32(41-43)19-27-11-13-33(14-12-27)45-26(2)3)28-15-17-42(18-16-28)25-30-21-34(46-37(44)24-40-38(4,5)6)23-35(30)29-9-8-10-31(39)20-29/h8-14,20,22,26,28,30,34-35,40H,7,15-19,21,23-25H2,1-6H3/t30-,34+,35-/m1/s1. The highest BCUT2D eigenvalue weighted by atomic mass is 19.1. The van der Waals surface area contributed by atoms with Gasteiger partial charge in [0.25, 0.3) is 0 Å². The molecule has 1 aromatic heterocycles. The van der Waals surface area contributed by atoms with Crippen LogP contribution in [0.25, 0.3) is 0 Å². The van der Waals surface area contributed by atoms with Gasteiger partial charge in [0.2, 0.25) is 0 Å². The first-order valence-corrected chi connectivity index (χ1v) is 17.2. The molecule has 2 aliphatic rings. The molecule has 0 amide bonds. The number of hydrogen-bond acceptors (Lipinski definition) is 6. The van der Waals surface area contributed by atoms with E-state index >= 15 is 0 Å². The second-order valence-corrected chi connectivity index (χ2v) is 14.5. The van der Waals surface area contributed by atoms with E-state index in [0.717, 1.165) is 75.3 Å². The molecular formula is C38H53FN4O3. The highest BCUT2D eigenvalue weighted by molar-refractivity contribution is 5.72. The van der Waals surface area contributed by atoms with Gasteiger partial charge in [-0.3, -0.25) is 9.48 Å².